The van der Waals surface area contributed by atoms with Crippen LogP contribution in [-0.4, -0.2) is 28.6 Å². The predicted octanol–water partition coefficient (Wildman–Crippen LogP) is 7.92. The van der Waals surface area contributed by atoms with Gasteiger partial charge in [0.05, 0.1) is 24.1 Å². The van der Waals surface area contributed by atoms with Gasteiger partial charge >= 0.3 is 0 Å². The maximum absolute atomic E-state index is 12.2. The van der Waals surface area contributed by atoms with Crippen molar-refractivity contribution in [1.82, 2.24) is 14.9 Å². The van der Waals surface area contributed by atoms with Crippen molar-refractivity contribution in [3.05, 3.63) is 94.8 Å². The Balaban J connectivity index is 1.18. The van der Waals surface area contributed by atoms with E-state index in [4.69, 9.17) is 21.3 Å². The second-order valence-electron chi connectivity index (χ2n) is 11.5. The molecule has 0 atom stereocenters. The van der Waals surface area contributed by atoms with Crippen LogP contribution in [0.3, 0.4) is 0 Å². The molecule has 4 aromatic rings. The van der Waals surface area contributed by atoms with Crippen molar-refractivity contribution in [1.29, 1.82) is 0 Å². The molecule has 4 rings (SSSR count). The van der Waals surface area contributed by atoms with Crippen LogP contribution in [0.5, 0.6) is 5.75 Å². The van der Waals surface area contributed by atoms with E-state index >= 15 is 0 Å². The van der Waals surface area contributed by atoms with E-state index in [9.17, 15) is 4.79 Å². The van der Waals surface area contributed by atoms with E-state index < -0.39 is 0 Å². The van der Waals surface area contributed by atoms with E-state index in [1.54, 1.807) is 0 Å². The summed E-state index contributed by atoms with van der Waals surface area (Å²) in [5.74, 6) is 2.13. The van der Waals surface area contributed by atoms with Gasteiger partial charge in [-0.2, -0.15) is 0 Å². The summed E-state index contributed by atoms with van der Waals surface area (Å²) >= 11 is 5.92. The molecule has 0 fully saturated rings. The average Bonchev–Trinajstić information content (AvgIpc) is 3.28. The number of aromatic nitrogens is 2. The first-order valence-electron chi connectivity index (χ1n) is 14.5. The van der Waals surface area contributed by atoms with Gasteiger partial charge in [-0.1, -0.05) is 75.2 Å². The smallest absolute Gasteiger partial charge is 0.224 e. The number of ether oxygens (including phenoxy) is 1. The summed E-state index contributed by atoms with van der Waals surface area (Å²) in [4.78, 5) is 17.1. The lowest BCUT2D eigenvalue weighted by Gasteiger charge is -2.19. The Kier molecular flexibility index (Phi) is 10.7. The van der Waals surface area contributed by atoms with Gasteiger partial charge in [0.1, 0.15) is 11.6 Å². The quantitative estimate of drug-likeness (QED) is 0.160. The summed E-state index contributed by atoms with van der Waals surface area (Å²) < 4.78 is 8.38. The number of aryl methyl sites for hydroxylation is 2. The molecular formula is C34H42ClN3O2. The monoisotopic (exact) mass is 559 g/mol. The number of rotatable bonds is 14. The minimum atomic E-state index is 0.0509. The van der Waals surface area contributed by atoms with Crippen molar-refractivity contribution < 1.29 is 9.53 Å². The molecular weight excluding hydrogens is 518 g/mol. The molecule has 1 N–H and O–H groups in total. The number of nitrogens with one attached hydrogen (secondary N) is 1. The highest BCUT2D eigenvalue weighted by Crippen LogP contribution is 2.24. The zero-order valence-electron chi connectivity index (χ0n) is 24.1. The van der Waals surface area contributed by atoms with Gasteiger partial charge in [0, 0.05) is 24.5 Å². The number of para-hydroxylation sites is 2. The number of imidazole rings is 1. The minimum absolute atomic E-state index is 0.0509. The molecule has 0 unspecified atom stereocenters. The summed E-state index contributed by atoms with van der Waals surface area (Å²) in [6.07, 6.45) is 6.40. The topological polar surface area (TPSA) is 56.1 Å². The van der Waals surface area contributed by atoms with Gasteiger partial charge in [-0.25, -0.2) is 4.98 Å². The van der Waals surface area contributed by atoms with Crippen molar-refractivity contribution in [3.63, 3.8) is 0 Å². The molecule has 212 valence electrons. The van der Waals surface area contributed by atoms with Gasteiger partial charge in [0.2, 0.25) is 5.91 Å². The largest absolute Gasteiger partial charge is 0.494 e. The van der Waals surface area contributed by atoms with Crippen molar-refractivity contribution in [2.75, 3.05) is 13.2 Å². The standard InChI is InChI=1S/C34H42ClN3O2/c1-34(2,3)27-16-20-29(21-17-27)40-24-10-9-23-38-31-12-7-6-11-30(31)37-32(38)13-5-4-8-22-36-33(39)25-26-14-18-28(35)19-15-26/h6-7,11-12,14-21H,4-5,8-10,13,22-25H2,1-3H3,(H,36,39). The summed E-state index contributed by atoms with van der Waals surface area (Å²) in [7, 11) is 0. The van der Waals surface area contributed by atoms with Gasteiger partial charge in [0.25, 0.3) is 0 Å². The molecule has 0 spiro atoms. The van der Waals surface area contributed by atoms with E-state index in [2.05, 4.69) is 79.2 Å². The minimum Gasteiger partial charge on any atom is -0.494 e. The lowest BCUT2D eigenvalue weighted by Crippen LogP contribution is -2.26. The average molecular weight is 560 g/mol. The van der Waals surface area contributed by atoms with E-state index in [1.165, 1.54) is 11.1 Å². The van der Waals surface area contributed by atoms with Crippen LogP contribution in [0.1, 0.15) is 69.8 Å². The van der Waals surface area contributed by atoms with Gasteiger partial charge in [-0.05, 0) is 78.6 Å². The van der Waals surface area contributed by atoms with E-state index in [0.717, 1.165) is 67.7 Å². The first kappa shape index (κ1) is 29.7. The number of halogens is 1. The fraction of sp³-hybridized carbons (Fsp3) is 0.412. The molecule has 0 aliphatic carbocycles. The number of amides is 1. The number of nitrogens with zero attached hydrogens (tertiary/aromatic N) is 2. The normalized spacial score (nSPS) is 11.6. The Hall–Kier alpha value is -3.31. The van der Waals surface area contributed by atoms with Crippen molar-refractivity contribution in [3.8, 4) is 5.75 Å². The summed E-state index contributed by atoms with van der Waals surface area (Å²) in [6, 6.07) is 24.3. The van der Waals surface area contributed by atoms with Crippen LogP contribution in [-0.2, 0) is 29.6 Å². The number of fused-ring (bicyclic) bond motifs is 1. The van der Waals surface area contributed by atoms with Crippen LogP contribution < -0.4 is 10.1 Å². The number of benzene rings is 3. The second-order valence-corrected chi connectivity index (χ2v) is 11.9. The van der Waals surface area contributed by atoms with Crippen LogP contribution in [0, 0.1) is 0 Å². The van der Waals surface area contributed by atoms with Crippen molar-refractivity contribution in [2.24, 2.45) is 0 Å². The highest BCUT2D eigenvalue weighted by Gasteiger charge is 2.13. The van der Waals surface area contributed by atoms with Crippen LogP contribution >= 0.6 is 11.6 Å². The molecule has 0 bridgehead atoms. The first-order chi connectivity index (χ1) is 19.3. The van der Waals surface area contributed by atoms with Crippen LogP contribution in [0.4, 0.5) is 0 Å². The molecule has 5 nitrogen and oxygen atoms in total. The Bertz CT molecular complexity index is 1350. The number of carbonyl (C=O) groups excluding carboxylic acids is 1. The van der Waals surface area contributed by atoms with Crippen molar-refractivity contribution in [2.45, 2.75) is 77.7 Å². The Morgan fingerprint density at radius 1 is 0.900 bits per heavy atom. The highest BCUT2D eigenvalue weighted by atomic mass is 35.5. The molecule has 6 heteroatoms. The molecule has 3 aromatic carbocycles. The Labute approximate surface area is 243 Å². The summed E-state index contributed by atoms with van der Waals surface area (Å²) in [5, 5.41) is 3.72. The zero-order valence-corrected chi connectivity index (χ0v) is 24.8. The molecule has 0 aliphatic heterocycles. The van der Waals surface area contributed by atoms with Gasteiger partial charge in [-0.3, -0.25) is 4.79 Å². The fourth-order valence-corrected chi connectivity index (χ4v) is 4.97. The lowest BCUT2D eigenvalue weighted by molar-refractivity contribution is -0.120. The van der Waals surface area contributed by atoms with Crippen LogP contribution in [0.15, 0.2) is 72.8 Å². The lowest BCUT2D eigenvalue weighted by atomic mass is 9.87. The molecule has 0 saturated carbocycles. The highest BCUT2D eigenvalue weighted by molar-refractivity contribution is 6.30. The Morgan fingerprint density at radius 2 is 1.65 bits per heavy atom. The maximum atomic E-state index is 12.2. The molecule has 0 aliphatic rings. The molecule has 0 saturated heterocycles. The van der Waals surface area contributed by atoms with Gasteiger partial charge in [0.15, 0.2) is 0 Å². The third-order valence-electron chi connectivity index (χ3n) is 7.18. The van der Waals surface area contributed by atoms with Gasteiger partial charge < -0.3 is 14.6 Å². The zero-order chi connectivity index (χ0) is 28.4. The summed E-state index contributed by atoms with van der Waals surface area (Å²) in [6.45, 7) is 9.01. The predicted molar refractivity (Wildman–Crippen MR) is 165 cm³/mol. The maximum Gasteiger partial charge on any atom is 0.224 e. The summed E-state index contributed by atoms with van der Waals surface area (Å²) in [5.41, 5.74) is 4.70. The number of hydrogen-bond donors (Lipinski definition) is 1. The number of unbranched alkanes of at least 4 members (excludes halogenated alkanes) is 3. The van der Waals surface area contributed by atoms with E-state index in [1.807, 2.05) is 24.3 Å². The molecule has 1 amide bonds. The van der Waals surface area contributed by atoms with E-state index in [0.29, 0.717) is 24.6 Å². The molecule has 0 radical (unpaired) electrons. The third kappa shape index (κ3) is 8.85. The Morgan fingerprint density at radius 3 is 2.40 bits per heavy atom. The number of carbonyl (C=O) groups is 1. The fourth-order valence-electron chi connectivity index (χ4n) is 4.84. The second kappa shape index (κ2) is 14.4. The number of hydrogen-bond acceptors (Lipinski definition) is 3. The van der Waals surface area contributed by atoms with Crippen molar-refractivity contribution >= 4 is 28.5 Å². The molecule has 1 aromatic heterocycles. The van der Waals surface area contributed by atoms with Gasteiger partial charge in [-0.15, -0.1) is 0 Å². The SMILES string of the molecule is CC(C)(C)c1ccc(OCCCCn2c(CCCCCNC(=O)Cc3ccc(Cl)cc3)nc3ccccc32)cc1. The third-order valence-corrected chi connectivity index (χ3v) is 7.43. The molecule has 40 heavy (non-hydrogen) atoms. The van der Waals surface area contributed by atoms with Crippen LogP contribution in [0.2, 0.25) is 5.02 Å². The van der Waals surface area contributed by atoms with E-state index in [-0.39, 0.29) is 11.3 Å². The van der Waals surface area contributed by atoms with Crippen LogP contribution in [0.25, 0.3) is 11.0 Å². The first-order valence-corrected chi connectivity index (χ1v) is 14.9. The molecule has 1 heterocycles.